The molecule has 0 spiro atoms. The number of hydrogen-bond donors (Lipinski definition) is 4. The van der Waals surface area contributed by atoms with Crippen molar-refractivity contribution in [2.45, 2.75) is 174 Å². The lowest BCUT2D eigenvalue weighted by atomic mass is 9.94. The van der Waals surface area contributed by atoms with Gasteiger partial charge in [-0.2, -0.15) is 4.31 Å². The highest BCUT2D eigenvalue weighted by Gasteiger charge is 2.56. The van der Waals surface area contributed by atoms with Gasteiger partial charge in [-0.15, -0.1) is 0 Å². The molecule has 1 saturated heterocycles. The van der Waals surface area contributed by atoms with E-state index in [9.17, 15) is 43.4 Å². The molecular formula is C45H66N2O16P2. The Morgan fingerprint density at radius 3 is 1.65 bits per heavy atom. The minimum atomic E-state index is -5.44. The summed E-state index contributed by atoms with van der Waals surface area (Å²) in [7, 11) is -10.5. The summed E-state index contributed by atoms with van der Waals surface area (Å²) in [5, 5.41) is 22.1. The maximum absolute atomic E-state index is 14.2. The molecule has 0 amide bonds. The quantitative estimate of drug-likeness (QED) is 0.0211. The van der Waals surface area contributed by atoms with Gasteiger partial charge in [-0.25, -0.2) is 13.9 Å². The Morgan fingerprint density at radius 1 is 0.754 bits per heavy atom. The van der Waals surface area contributed by atoms with E-state index in [0.29, 0.717) is 24.0 Å². The van der Waals surface area contributed by atoms with Crippen molar-refractivity contribution in [3.8, 4) is 11.5 Å². The number of unbranched alkanes of at least 4 members (excludes halogenated alkanes) is 12. The van der Waals surface area contributed by atoms with E-state index >= 15 is 0 Å². The Bertz CT molecular complexity index is 2060. The first-order valence-corrected chi connectivity index (χ1v) is 25.5. The van der Waals surface area contributed by atoms with E-state index in [4.69, 9.17) is 32.1 Å². The van der Waals surface area contributed by atoms with E-state index < -0.39 is 70.2 Å². The number of benzene rings is 2. The second kappa shape index (κ2) is 26.5. The lowest BCUT2D eigenvalue weighted by Gasteiger charge is -2.28. The van der Waals surface area contributed by atoms with Crippen LogP contribution in [0.4, 0.5) is 0 Å². The normalized spacial score (nSPS) is 20.0. The van der Waals surface area contributed by atoms with Crippen LogP contribution in [-0.2, 0) is 54.6 Å². The van der Waals surface area contributed by atoms with Crippen molar-refractivity contribution < 1.29 is 65.9 Å². The van der Waals surface area contributed by atoms with Crippen molar-refractivity contribution in [3.63, 3.8) is 0 Å². The summed E-state index contributed by atoms with van der Waals surface area (Å²) in [6.07, 6.45) is 9.86. The number of carbonyl (C=O) groups excluding carboxylic acids is 2. The molecule has 1 aromatic heterocycles. The maximum atomic E-state index is 14.2. The van der Waals surface area contributed by atoms with E-state index in [1.54, 1.807) is 0 Å². The number of nitrogens with one attached hydrogen (secondary N) is 1. The number of hydrogen-bond acceptors (Lipinski definition) is 15. The fraction of sp³-hybridized carbons (Fsp3) is 0.600. The predicted molar refractivity (Wildman–Crippen MR) is 240 cm³/mol. The van der Waals surface area contributed by atoms with Crippen LogP contribution in [0.25, 0.3) is 0 Å². The molecule has 1 aliphatic heterocycles. The summed E-state index contributed by atoms with van der Waals surface area (Å²) in [5.74, 6) is -0.211. The van der Waals surface area contributed by atoms with Crippen LogP contribution in [0.5, 0.6) is 11.5 Å². The molecule has 4 N–H and O–H groups in total. The van der Waals surface area contributed by atoms with Gasteiger partial charge in [0.1, 0.15) is 29.3 Å². The zero-order valence-electron chi connectivity index (χ0n) is 37.8. The Labute approximate surface area is 380 Å². The highest BCUT2D eigenvalue weighted by Crippen LogP contribution is 2.65. The summed E-state index contributed by atoms with van der Waals surface area (Å²) >= 11 is 0. The molecule has 1 fully saturated rings. The molecule has 0 aliphatic carbocycles. The van der Waals surface area contributed by atoms with Crippen molar-refractivity contribution in [2.24, 2.45) is 0 Å². The molecular weight excluding hydrogens is 886 g/mol. The van der Waals surface area contributed by atoms with Gasteiger partial charge in [0, 0.05) is 25.1 Å². The number of rotatable bonds is 30. The Balaban J connectivity index is 1.40. The summed E-state index contributed by atoms with van der Waals surface area (Å²) in [6.45, 7) is 5.72. The topological polar surface area (TPSA) is 248 Å². The number of nitrogens with zero attached hydrogens (tertiary/aromatic N) is 1. The van der Waals surface area contributed by atoms with Gasteiger partial charge in [-0.1, -0.05) is 115 Å². The van der Waals surface area contributed by atoms with E-state index in [1.807, 2.05) is 4.98 Å². The fourth-order valence-electron chi connectivity index (χ4n) is 7.10. The molecule has 20 heteroatoms. The molecule has 3 aromatic rings. The average molecular weight is 953 g/mol. The first-order chi connectivity index (χ1) is 30.9. The molecule has 2 heterocycles. The van der Waals surface area contributed by atoms with Crippen LogP contribution in [0, 0.1) is 0 Å². The molecule has 6 atom stereocenters. The SMILES string of the molecule is CCCCCCCCCC(=O)Oc1ccc(COP(=O)(OCc2ccc(OC(=O)CCCCCCCCC)cc2)OP(=O)(O)O[C@@H](C)[C@H]2O[C@@H](n3ccc(=O)[nH]c3=O)[C@](C)(O)[C@@H]2O)cc1. The zero-order valence-corrected chi connectivity index (χ0v) is 39.6. The lowest BCUT2D eigenvalue weighted by Crippen LogP contribution is -2.47. The first kappa shape index (κ1) is 53.8. The highest BCUT2D eigenvalue weighted by atomic mass is 31.3. The second-order valence-electron chi connectivity index (χ2n) is 16.5. The second-order valence-corrected chi connectivity index (χ2v) is 19.7. The summed E-state index contributed by atoms with van der Waals surface area (Å²) < 4.78 is 66.6. The van der Waals surface area contributed by atoms with Gasteiger partial charge in [0.25, 0.3) is 5.56 Å². The van der Waals surface area contributed by atoms with Crippen LogP contribution in [0.2, 0.25) is 0 Å². The minimum Gasteiger partial charge on any atom is -0.427 e. The van der Waals surface area contributed by atoms with Crippen molar-refractivity contribution in [1.82, 2.24) is 9.55 Å². The number of carbonyl (C=O) groups is 2. The largest absolute Gasteiger partial charge is 0.484 e. The van der Waals surface area contributed by atoms with Gasteiger partial charge in [0.15, 0.2) is 6.23 Å². The molecule has 0 radical (unpaired) electrons. The van der Waals surface area contributed by atoms with Crippen LogP contribution in [0.15, 0.2) is 70.4 Å². The van der Waals surface area contributed by atoms with E-state index in [1.165, 1.54) is 94.0 Å². The van der Waals surface area contributed by atoms with Gasteiger partial charge in [0.05, 0.1) is 19.3 Å². The summed E-state index contributed by atoms with van der Waals surface area (Å²) in [4.78, 5) is 61.9. The molecule has 1 unspecified atom stereocenters. The van der Waals surface area contributed by atoms with Gasteiger partial charge in [-0.05, 0) is 62.1 Å². The fourth-order valence-corrected chi connectivity index (χ4v) is 9.87. The Morgan fingerprint density at radius 2 is 1.20 bits per heavy atom. The van der Waals surface area contributed by atoms with E-state index in [0.717, 1.165) is 62.3 Å². The van der Waals surface area contributed by atoms with Crippen molar-refractivity contribution in [2.75, 3.05) is 0 Å². The van der Waals surface area contributed by atoms with Crippen molar-refractivity contribution in [3.05, 3.63) is 92.8 Å². The number of aliphatic hydroxyl groups excluding tert-OH is 1. The highest BCUT2D eigenvalue weighted by molar-refractivity contribution is 7.61. The molecule has 18 nitrogen and oxygen atoms in total. The number of aliphatic hydroxyl groups is 2. The monoisotopic (exact) mass is 952 g/mol. The van der Waals surface area contributed by atoms with Crippen LogP contribution >= 0.6 is 15.6 Å². The molecule has 0 saturated carbocycles. The van der Waals surface area contributed by atoms with Crippen LogP contribution in [0.1, 0.15) is 148 Å². The van der Waals surface area contributed by atoms with Gasteiger partial charge in [0.2, 0.25) is 0 Å². The van der Waals surface area contributed by atoms with E-state index in [2.05, 4.69) is 13.8 Å². The van der Waals surface area contributed by atoms with Crippen LogP contribution in [0.3, 0.4) is 0 Å². The van der Waals surface area contributed by atoms with Crippen LogP contribution in [-0.4, -0.2) is 60.5 Å². The summed E-state index contributed by atoms with van der Waals surface area (Å²) in [5.41, 5.74) is -3.07. The van der Waals surface area contributed by atoms with Gasteiger partial charge >= 0.3 is 33.3 Å². The minimum absolute atomic E-state index is 0.270. The predicted octanol–water partition coefficient (Wildman–Crippen LogP) is 8.70. The molecule has 65 heavy (non-hydrogen) atoms. The number of phosphoric ester groups is 2. The number of aromatic amines is 1. The lowest BCUT2D eigenvalue weighted by molar-refractivity contribution is -0.135. The zero-order chi connectivity index (χ0) is 47.5. The smallest absolute Gasteiger partial charge is 0.427 e. The van der Waals surface area contributed by atoms with E-state index in [-0.39, 0.29) is 36.3 Å². The molecule has 0 bridgehead atoms. The maximum Gasteiger partial charge on any atom is 0.484 e. The standard InChI is InChI=1S/C45H66N2O16P2/c1-5-7-9-11-13-15-17-19-39(49)59-36-25-21-34(22-26-36)31-57-65(56,58-32-35-23-27-37(28-24-35)60-40(50)20-18-16-14-12-10-8-6-2)63-64(54,55)62-33(3)41-42(51)45(4,53)43(61-41)47-30-29-38(48)46-44(47)52/h21-30,33,41-43,51,53H,5-20,31-32H2,1-4H3,(H,54,55)(H,46,48,52)/t33-,41+,42+,43+,45+/m0/s1. The van der Waals surface area contributed by atoms with Crippen molar-refractivity contribution >= 4 is 27.6 Å². The molecule has 1 aliphatic rings. The molecule has 2 aromatic carbocycles. The molecule has 362 valence electrons. The molecule has 4 rings (SSSR count). The number of ether oxygens (including phenoxy) is 3. The Hall–Kier alpha value is -3.80. The van der Waals surface area contributed by atoms with Gasteiger partial charge in [-0.3, -0.25) is 37.5 Å². The number of esters is 2. The third kappa shape index (κ3) is 18.1. The number of phosphoric acid groups is 2. The first-order valence-electron chi connectivity index (χ1n) is 22.5. The number of aromatic nitrogens is 2. The van der Waals surface area contributed by atoms with Gasteiger partial charge < -0.3 is 29.3 Å². The van der Waals surface area contributed by atoms with Crippen LogP contribution < -0.4 is 20.7 Å². The summed E-state index contributed by atoms with van der Waals surface area (Å²) in [6, 6.07) is 13.1. The Kier molecular flexibility index (Phi) is 22.0. The third-order valence-corrected chi connectivity index (χ3v) is 13.9. The number of H-pyrrole nitrogens is 1. The average Bonchev–Trinajstić information content (AvgIpc) is 3.49. The van der Waals surface area contributed by atoms with Crippen molar-refractivity contribution in [1.29, 1.82) is 0 Å². The third-order valence-electron chi connectivity index (χ3n) is 10.8.